The fraction of sp³-hybridized carbons (Fsp3) is 0.200. The summed E-state index contributed by atoms with van der Waals surface area (Å²) in [6, 6.07) is 2.66. The van der Waals surface area contributed by atoms with E-state index in [1.165, 1.54) is 0 Å². The van der Waals surface area contributed by atoms with E-state index in [0.717, 1.165) is 25.3 Å². The molecule has 7 nitrogen and oxygen atoms in total. The zero-order valence-electron chi connectivity index (χ0n) is 9.71. The highest BCUT2D eigenvalue weighted by molar-refractivity contribution is 7.93. The van der Waals surface area contributed by atoms with Crippen molar-refractivity contribution in [2.24, 2.45) is 0 Å². The van der Waals surface area contributed by atoms with Gasteiger partial charge in [0.1, 0.15) is 5.82 Å². The molecule has 0 saturated heterocycles. The summed E-state index contributed by atoms with van der Waals surface area (Å²) in [5.41, 5.74) is -0.846. The Bertz CT molecular complexity index is 612. The van der Waals surface area contributed by atoms with Gasteiger partial charge in [0.15, 0.2) is 5.75 Å². The maximum Gasteiger partial charge on any atom is 0.338 e. The second-order valence-electron chi connectivity index (χ2n) is 3.44. The number of carboxylic acid groups (broad SMARTS) is 1. The second kappa shape index (κ2) is 5.65. The first kappa shape index (κ1) is 14.9. The number of hydrogen-bond donors (Lipinski definition) is 2. The molecule has 0 atom stereocenters. The average Bonchev–Trinajstić information content (AvgIpc) is 2.30. The Balaban J connectivity index is 2.97. The SMILES string of the molecule is COC(=O)CS(=O)(=O)Nc1ccc(F)c(C(=O)O)c1. The Hall–Kier alpha value is -2.16. The Morgan fingerprint density at radius 3 is 2.58 bits per heavy atom. The van der Waals surface area contributed by atoms with E-state index in [1.54, 1.807) is 0 Å². The van der Waals surface area contributed by atoms with Crippen LogP contribution in [0.5, 0.6) is 0 Å². The number of methoxy groups -OCH3 is 1. The van der Waals surface area contributed by atoms with E-state index in [9.17, 15) is 22.4 Å². The molecule has 1 rings (SSSR count). The number of ether oxygens (including phenoxy) is 1. The summed E-state index contributed by atoms with van der Waals surface area (Å²) in [5, 5.41) is 8.68. The molecule has 9 heteroatoms. The first-order valence-electron chi connectivity index (χ1n) is 4.85. The molecule has 0 saturated carbocycles. The summed E-state index contributed by atoms with van der Waals surface area (Å²) in [5.74, 6) is -4.44. The molecular formula is C10H10FNO6S. The lowest BCUT2D eigenvalue weighted by Gasteiger charge is -2.08. The smallest absolute Gasteiger partial charge is 0.338 e. The number of aromatic carboxylic acids is 1. The Morgan fingerprint density at radius 2 is 2.05 bits per heavy atom. The van der Waals surface area contributed by atoms with Crippen LogP contribution in [0.25, 0.3) is 0 Å². The molecule has 0 aliphatic rings. The minimum absolute atomic E-state index is 0.164. The Kier molecular flexibility index (Phi) is 4.43. The summed E-state index contributed by atoms with van der Waals surface area (Å²) in [6.07, 6.45) is 0. The van der Waals surface area contributed by atoms with Crippen molar-refractivity contribution in [2.75, 3.05) is 17.6 Å². The van der Waals surface area contributed by atoms with Crippen LogP contribution in [0.4, 0.5) is 10.1 Å². The molecule has 0 amide bonds. The summed E-state index contributed by atoms with van der Waals surface area (Å²) in [7, 11) is -3.02. The van der Waals surface area contributed by atoms with Gasteiger partial charge in [0.05, 0.1) is 12.7 Å². The minimum Gasteiger partial charge on any atom is -0.478 e. The van der Waals surface area contributed by atoms with Crippen molar-refractivity contribution in [1.82, 2.24) is 0 Å². The van der Waals surface area contributed by atoms with E-state index in [4.69, 9.17) is 5.11 Å². The van der Waals surface area contributed by atoms with Gasteiger partial charge < -0.3 is 9.84 Å². The second-order valence-corrected chi connectivity index (χ2v) is 5.16. The molecule has 0 aliphatic heterocycles. The lowest BCUT2D eigenvalue weighted by atomic mass is 10.2. The van der Waals surface area contributed by atoms with Crippen molar-refractivity contribution in [3.05, 3.63) is 29.6 Å². The predicted molar refractivity (Wildman–Crippen MR) is 62.8 cm³/mol. The fourth-order valence-electron chi connectivity index (χ4n) is 1.18. The van der Waals surface area contributed by atoms with Crippen LogP contribution >= 0.6 is 0 Å². The molecule has 104 valence electrons. The van der Waals surface area contributed by atoms with Gasteiger partial charge in [-0.25, -0.2) is 17.6 Å². The molecule has 0 spiro atoms. The number of sulfonamides is 1. The lowest BCUT2D eigenvalue weighted by Crippen LogP contribution is -2.23. The summed E-state index contributed by atoms with van der Waals surface area (Å²) in [6.45, 7) is 0. The minimum atomic E-state index is -4.04. The van der Waals surface area contributed by atoms with Gasteiger partial charge in [-0.05, 0) is 18.2 Å². The van der Waals surface area contributed by atoms with Crippen molar-refractivity contribution >= 4 is 27.6 Å². The van der Waals surface area contributed by atoms with E-state index in [2.05, 4.69) is 4.74 Å². The van der Waals surface area contributed by atoms with Crippen LogP contribution in [0.15, 0.2) is 18.2 Å². The summed E-state index contributed by atoms with van der Waals surface area (Å²) in [4.78, 5) is 21.5. The number of nitrogens with one attached hydrogen (secondary N) is 1. The highest BCUT2D eigenvalue weighted by atomic mass is 32.2. The van der Waals surface area contributed by atoms with E-state index in [0.29, 0.717) is 0 Å². The molecule has 0 aromatic heterocycles. The van der Waals surface area contributed by atoms with Crippen LogP contribution in [0, 0.1) is 5.82 Å². The molecule has 0 bridgehead atoms. The number of carbonyl (C=O) groups is 2. The van der Waals surface area contributed by atoms with Crippen molar-refractivity contribution < 1.29 is 32.2 Å². The molecular weight excluding hydrogens is 281 g/mol. The Labute approximate surface area is 108 Å². The lowest BCUT2D eigenvalue weighted by molar-refractivity contribution is -0.137. The maximum absolute atomic E-state index is 13.1. The number of carboxylic acids is 1. The van der Waals surface area contributed by atoms with E-state index in [1.807, 2.05) is 4.72 Å². The van der Waals surface area contributed by atoms with Gasteiger partial charge in [0.25, 0.3) is 0 Å². The number of esters is 1. The molecule has 1 aromatic rings. The van der Waals surface area contributed by atoms with Crippen molar-refractivity contribution in [3.63, 3.8) is 0 Å². The van der Waals surface area contributed by atoms with E-state index >= 15 is 0 Å². The quantitative estimate of drug-likeness (QED) is 0.762. The fourth-order valence-corrected chi connectivity index (χ4v) is 2.17. The third kappa shape index (κ3) is 4.21. The van der Waals surface area contributed by atoms with E-state index in [-0.39, 0.29) is 5.69 Å². The highest BCUT2D eigenvalue weighted by Crippen LogP contribution is 2.16. The molecule has 2 N–H and O–H groups in total. The van der Waals surface area contributed by atoms with Gasteiger partial charge in [-0.1, -0.05) is 0 Å². The molecule has 0 unspecified atom stereocenters. The van der Waals surface area contributed by atoms with Crippen LogP contribution in [0.2, 0.25) is 0 Å². The van der Waals surface area contributed by atoms with Crippen LogP contribution in [0.3, 0.4) is 0 Å². The molecule has 0 aliphatic carbocycles. The number of anilines is 1. The normalized spacial score (nSPS) is 10.8. The van der Waals surface area contributed by atoms with Crippen LogP contribution in [-0.2, 0) is 19.6 Å². The highest BCUT2D eigenvalue weighted by Gasteiger charge is 2.18. The third-order valence-corrected chi connectivity index (χ3v) is 3.17. The zero-order valence-corrected chi connectivity index (χ0v) is 10.5. The summed E-state index contributed by atoms with van der Waals surface area (Å²) < 4.78 is 42.2. The first-order chi connectivity index (χ1) is 8.75. The Morgan fingerprint density at radius 1 is 1.42 bits per heavy atom. The van der Waals surface area contributed by atoms with Crippen LogP contribution in [0.1, 0.15) is 10.4 Å². The maximum atomic E-state index is 13.1. The van der Waals surface area contributed by atoms with Gasteiger partial charge in [0, 0.05) is 5.69 Å². The monoisotopic (exact) mass is 291 g/mol. The van der Waals surface area contributed by atoms with Crippen molar-refractivity contribution in [3.8, 4) is 0 Å². The number of hydrogen-bond acceptors (Lipinski definition) is 5. The molecule has 19 heavy (non-hydrogen) atoms. The molecule has 0 fully saturated rings. The number of carbonyl (C=O) groups excluding carboxylic acids is 1. The van der Waals surface area contributed by atoms with Crippen molar-refractivity contribution in [1.29, 1.82) is 0 Å². The molecule has 0 heterocycles. The number of benzene rings is 1. The largest absolute Gasteiger partial charge is 0.478 e. The number of rotatable bonds is 5. The standard InChI is InChI=1S/C10H10FNO6S/c1-18-9(13)5-19(16,17)12-6-2-3-8(11)7(4-6)10(14)15/h2-4,12H,5H2,1H3,(H,14,15). The van der Waals surface area contributed by atoms with Gasteiger partial charge in [0.2, 0.25) is 10.0 Å². The van der Waals surface area contributed by atoms with Crippen molar-refractivity contribution in [2.45, 2.75) is 0 Å². The summed E-state index contributed by atoms with van der Waals surface area (Å²) >= 11 is 0. The zero-order chi connectivity index (χ0) is 14.6. The van der Waals surface area contributed by atoms with Gasteiger partial charge in [-0.15, -0.1) is 0 Å². The predicted octanol–water partition coefficient (Wildman–Crippen LogP) is 0.439. The molecule has 1 aromatic carbocycles. The van der Waals surface area contributed by atoms with Gasteiger partial charge in [-0.2, -0.15) is 0 Å². The van der Waals surface area contributed by atoms with Crippen LogP contribution < -0.4 is 4.72 Å². The molecule has 0 radical (unpaired) electrons. The first-order valence-corrected chi connectivity index (χ1v) is 6.50. The van der Waals surface area contributed by atoms with Gasteiger partial charge in [-0.3, -0.25) is 9.52 Å². The van der Waals surface area contributed by atoms with Crippen LogP contribution in [-0.4, -0.2) is 38.3 Å². The average molecular weight is 291 g/mol. The topological polar surface area (TPSA) is 110 Å². The van der Waals surface area contributed by atoms with E-state index < -0.39 is 39.1 Å². The van der Waals surface area contributed by atoms with Gasteiger partial charge >= 0.3 is 11.9 Å². The number of halogens is 1. The third-order valence-electron chi connectivity index (χ3n) is 2.01.